The number of hydrogen-bond acceptors (Lipinski definition) is 4. The first kappa shape index (κ1) is 22.3. The summed E-state index contributed by atoms with van der Waals surface area (Å²) in [6.07, 6.45) is 8.42. The maximum atomic E-state index is 9.87. The van der Waals surface area contributed by atoms with Crippen molar-refractivity contribution in [1.29, 1.82) is 0 Å². The highest BCUT2D eigenvalue weighted by Gasteiger charge is 2.10. The lowest BCUT2D eigenvalue weighted by Gasteiger charge is -2.16. The molecule has 0 aliphatic rings. The van der Waals surface area contributed by atoms with Crippen molar-refractivity contribution in [2.45, 2.75) is 40.2 Å². The SMILES string of the molecule is C=C/C=C(N=CN)/C(C)=C(/N=C)NC(=C/C)/C(C)=C\C(=C)C(O)CC. The number of nitrogens with one attached hydrogen (secondary N) is 1. The molecule has 0 aliphatic heterocycles. The highest BCUT2D eigenvalue weighted by atomic mass is 16.3. The summed E-state index contributed by atoms with van der Waals surface area (Å²) in [5.74, 6) is 0.557. The van der Waals surface area contributed by atoms with Crippen LogP contribution in [0, 0.1) is 0 Å². The number of rotatable bonds is 10. The largest absolute Gasteiger partial charge is 0.390 e. The van der Waals surface area contributed by atoms with Crippen LogP contribution in [0.15, 0.2) is 81.4 Å². The van der Waals surface area contributed by atoms with Gasteiger partial charge in [0.1, 0.15) is 5.82 Å². The second-order valence-corrected chi connectivity index (χ2v) is 5.35. The molecule has 0 fully saturated rings. The van der Waals surface area contributed by atoms with Gasteiger partial charge in [-0.2, -0.15) is 0 Å². The molecule has 0 saturated heterocycles. The number of nitrogens with two attached hydrogens (primary N) is 1. The smallest absolute Gasteiger partial charge is 0.134 e. The van der Waals surface area contributed by atoms with Gasteiger partial charge in [-0.1, -0.05) is 38.3 Å². The van der Waals surface area contributed by atoms with E-state index in [1.807, 2.05) is 39.8 Å². The molecule has 136 valence electrons. The highest BCUT2D eigenvalue weighted by Crippen LogP contribution is 2.19. The van der Waals surface area contributed by atoms with E-state index >= 15 is 0 Å². The Morgan fingerprint density at radius 1 is 1.36 bits per heavy atom. The Morgan fingerprint density at radius 3 is 2.44 bits per heavy atom. The number of aliphatic imine (C=N–C) groups is 2. The van der Waals surface area contributed by atoms with Gasteiger partial charge in [-0.05, 0) is 51.1 Å². The molecule has 0 aromatic heterocycles. The molecule has 0 aliphatic carbocycles. The third kappa shape index (κ3) is 7.18. The first-order valence-electron chi connectivity index (χ1n) is 8.09. The molecule has 1 unspecified atom stereocenters. The van der Waals surface area contributed by atoms with Crippen LogP contribution in [0.5, 0.6) is 0 Å². The van der Waals surface area contributed by atoms with Gasteiger partial charge in [0.2, 0.25) is 0 Å². The summed E-state index contributed by atoms with van der Waals surface area (Å²) < 4.78 is 0. The Morgan fingerprint density at radius 2 is 2.00 bits per heavy atom. The predicted octanol–water partition coefficient (Wildman–Crippen LogP) is 3.74. The normalized spacial score (nSPS) is 15.6. The summed E-state index contributed by atoms with van der Waals surface area (Å²) in [5, 5.41) is 13.1. The molecule has 0 bridgehead atoms. The minimum Gasteiger partial charge on any atom is -0.390 e. The second kappa shape index (κ2) is 11.8. The Bertz CT molecular complexity index is 649. The zero-order chi connectivity index (χ0) is 19.4. The Hall–Kier alpha value is -2.66. The van der Waals surface area contributed by atoms with Gasteiger partial charge in [-0.25, -0.2) is 9.98 Å². The van der Waals surface area contributed by atoms with Gasteiger partial charge in [-0.3, -0.25) is 0 Å². The molecular weight excluding hydrogens is 312 g/mol. The fourth-order valence-corrected chi connectivity index (χ4v) is 2.07. The summed E-state index contributed by atoms with van der Waals surface area (Å²) in [7, 11) is 0. The van der Waals surface area contributed by atoms with Crippen molar-refractivity contribution in [3.63, 3.8) is 0 Å². The zero-order valence-electron chi connectivity index (χ0n) is 15.7. The van der Waals surface area contributed by atoms with E-state index in [0.29, 0.717) is 23.5 Å². The van der Waals surface area contributed by atoms with Crippen LogP contribution in [0.25, 0.3) is 0 Å². The first-order valence-corrected chi connectivity index (χ1v) is 8.09. The number of aliphatic hydroxyl groups excluding tert-OH is 1. The molecule has 0 aromatic rings. The summed E-state index contributed by atoms with van der Waals surface area (Å²) in [6, 6.07) is 0. The van der Waals surface area contributed by atoms with Crippen molar-refractivity contribution in [2.24, 2.45) is 15.7 Å². The topological polar surface area (TPSA) is 83.0 Å². The molecule has 0 radical (unpaired) electrons. The van der Waals surface area contributed by atoms with Crippen molar-refractivity contribution in [3.8, 4) is 0 Å². The first-order chi connectivity index (χ1) is 11.9. The molecule has 0 rings (SSSR count). The zero-order valence-corrected chi connectivity index (χ0v) is 15.7. The van der Waals surface area contributed by atoms with E-state index in [0.717, 1.165) is 16.8 Å². The van der Waals surface area contributed by atoms with E-state index in [1.165, 1.54) is 6.34 Å². The van der Waals surface area contributed by atoms with Gasteiger partial charge in [0, 0.05) is 11.3 Å². The Labute approximate surface area is 151 Å². The van der Waals surface area contributed by atoms with Crippen LogP contribution in [0.1, 0.15) is 34.1 Å². The lowest BCUT2D eigenvalue weighted by Crippen LogP contribution is -2.15. The molecule has 25 heavy (non-hydrogen) atoms. The molecule has 0 saturated carbocycles. The van der Waals surface area contributed by atoms with E-state index in [2.05, 4.69) is 35.2 Å². The van der Waals surface area contributed by atoms with Gasteiger partial charge >= 0.3 is 0 Å². The highest BCUT2D eigenvalue weighted by molar-refractivity contribution is 5.56. The minimum atomic E-state index is -0.552. The molecular formula is C20H30N4O. The van der Waals surface area contributed by atoms with E-state index in [1.54, 1.807) is 12.2 Å². The Balaban J connectivity index is 5.73. The van der Waals surface area contributed by atoms with Gasteiger partial charge in [-0.15, -0.1) is 0 Å². The lowest BCUT2D eigenvalue weighted by atomic mass is 10.0. The van der Waals surface area contributed by atoms with Crippen LogP contribution in [0.4, 0.5) is 0 Å². The fraction of sp³-hybridized carbons (Fsp3) is 0.300. The summed E-state index contributed by atoms with van der Waals surface area (Å²) in [6.45, 7) is 18.8. The predicted molar refractivity (Wildman–Crippen MR) is 109 cm³/mol. The van der Waals surface area contributed by atoms with Crippen LogP contribution in [-0.4, -0.2) is 24.3 Å². The molecule has 1 atom stereocenters. The molecule has 0 amide bonds. The standard InChI is InChI=1S/C20H30N4O/c1-8-11-18(23-13-21)16(6)20(22-7)24-17(9-2)14(4)12-15(5)19(25)10-3/h8-9,11-13,19,24-25H,1,5,7,10H2,2-4,6H3,(H2,21,23)/b14-12-,17-9+,18-11-,20-16-. The fourth-order valence-electron chi connectivity index (χ4n) is 2.07. The van der Waals surface area contributed by atoms with E-state index in [4.69, 9.17) is 5.73 Å². The number of hydrogen-bond donors (Lipinski definition) is 3. The van der Waals surface area contributed by atoms with E-state index < -0.39 is 6.10 Å². The molecule has 4 N–H and O–H groups in total. The van der Waals surface area contributed by atoms with Gasteiger partial charge in [0.25, 0.3) is 0 Å². The number of nitrogens with zero attached hydrogens (tertiary/aromatic N) is 2. The quantitative estimate of drug-likeness (QED) is 0.321. The minimum absolute atomic E-state index is 0.552. The van der Waals surface area contributed by atoms with Crippen LogP contribution < -0.4 is 11.1 Å². The number of allylic oxidation sites excluding steroid dienone is 5. The van der Waals surface area contributed by atoms with Crippen molar-refractivity contribution in [3.05, 3.63) is 71.4 Å². The average molecular weight is 342 g/mol. The van der Waals surface area contributed by atoms with Crippen LogP contribution in [0.3, 0.4) is 0 Å². The van der Waals surface area contributed by atoms with Crippen molar-refractivity contribution in [1.82, 2.24) is 5.32 Å². The van der Waals surface area contributed by atoms with Crippen LogP contribution >= 0.6 is 0 Å². The van der Waals surface area contributed by atoms with Crippen molar-refractivity contribution >= 4 is 13.1 Å². The van der Waals surface area contributed by atoms with Gasteiger partial charge in [0.05, 0.1) is 18.1 Å². The van der Waals surface area contributed by atoms with Crippen molar-refractivity contribution in [2.75, 3.05) is 0 Å². The van der Waals surface area contributed by atoms with Crippen LogP contribution in [0.2, 0.25) is 0 Å². The van der Waals surface area contributed by atoms with Crippen LogP contribution in [-0.2, 0) is 0 Å². The summed E-state index contributed by atoms with van der Waals surface area (Å²) in [4.78, 5) is 8.18. The maximum Gasteiger partial charge on any atom is 0.134 e. The van der Waals surface area contributed by atoms with Gasteiger partial charge < -0.3 is 16.2 Å². The Kier molecular flexibility index (Phi) is 10.6. The molecule has 5 nitrogen and oxygen atoms in total. The van der Waals surface area contributed by atoms with E-state index in [-0.39, 0.29) is 0 Å². The molecule has 0 heterocycles. The third-order valence-corrected chi connectivity index (χ3v) is 3.57. The molecule has 5 heteroatoms. The average Bonchev–Trinajstić information content (AvgIpc) is 2.61. The third-order valence-electron chi connectivity index (χ3n) is 3.57. The van der Waals surface area contributed by atoms with Crippen molar-refractivity contribution < 1.29 is 5.11 Å². The van der Waals surface area contributed by atoms with Gasteiger partial charge in [0.15, 0.2) is 0 Å². The summed E-state index contributed by atoms with van der Waals surface area (Å²) in [5.41, 5.74) is 9.23. The van der Waals surface area contributed by atoms with E-state index in [9.17, 15) is 5.11 Å². The summed E-state index contributed by atoms with van der Waals surface area (Å²) >= 11 is 0. The second-order valence-electron chi connectivity index (χ2n) is 5.35. The molecule has 0 aromatic carbocycles. The maximum absolute atomic E-state index is 9.87. The lowest BCUT2D eigenvalue weighted by molar-refractivity contribution is 0.211. The monoisotopic (exact) mass is 342 g/mol. The number of aliphatic hydroxyl groups is 1. The molecule has 0 spiro atoms.